The Bertz CT molecular complexity index is 1420. The first-order chi connectivity index (χ1) is 21.0. The van der Waals surface area contributed by atoms with Gasteiger partial charge in [-0.25, -0.2) is 0 Å². The maximum atomic E-state index is 2.54. The molecule has 0 N–H and O–H groups in total. The summed E-state index contributed by atoms with van der Waals surface area (Å²) in [7, 11) is 0. The van der Waals surface area contributed by atoms with Crippen LogP contribution in [-0.4, -0.2) is 0 Å². The zero-order valence-electron chi connectivity index (χ0n) is 27.9. The minimum absolute atomic E-state index is 0.320. The summed E-state index contributed by atoms with van der Waals surface area (Å²) in [5.41, 5.74) is 17.6. The van der Waals surface area contributed by atoms with E-state index in [0.29, 0.717) is 0 Å². The molecule has 0 saturated heterocycles. The van der Waals surface area contributed by atoms with Gasteiger partial charge in [0.05, 0.1) is 5.41 Å². The Hall–Kier alpha value is -3.12. The minimum Gasteiger partial charge on any atom is -0.0654 e. The van der Waals surface area contributed by atoms with Crippen molar-refractivity contribution in [2.75, 3.05) is 0 Å². The van der Waals surface area contributed by atoms with Crippen LogP contribution in [0.1, 0.15) is 135 Å². The van der Waals surface area contributed by atoms with E-state index in [4.69, 9.17) is 0 Å². The first-order valence-electron chi connectivity index (χ1n) is 17.5. The van der Waals surface area contributed by atoms with Crippen LogP contribution in [0.25, 0.3) is 11.1 Å². The van der Waals surface area contributed by atoms with E-state index in [9.17, 15) is 0 Å². The fourth-order valence-electron chi connectivity index (χ4n) is 7.75. The Labute approximate surface area is 263 Å². The molecule has 43 heavy (non-hydrogen) atoms. The van der Waals surface area contributed by atoms with E-state index in [1.807, 2.05) is 0 Å². The summed E-state index contributed by atoms with van der Waals surface area (Å²) in [6, 6.07) is 29.2. The topological polar surface area (TPSA) is 0 Å². The molecule has 5 rings (SSSR count). The van der Waals surface area contributed by atoms with Gasteiger partial charge in [0.25, 0.3) is 0 Å². The molecular formula is C43H54. The lowest BCUT2D eigenvalue weighted by Gasteiger charge is -2.39. The van der Waals surface area contributed by atoms with Crippen LogP contribution in [0.4, 0.5) is 0 Å². The van der Waals surface area contributed by atoms with E-state index in [1.54, 1.807) is 22.3 Å². The third kappa shape index (κ3) is 5.87. The van der Waals surface area contributed by atoms with Gasteiger partial charge in [-0.3, -0.25) is 0 Å². The number of fused-ring (bicyclic) bond motifs is 3. The highest BCUT2D eigenvalue weighted by atomic mass is 14.5. The fourth-order valence-corrected chi connectivity index (χ4v) is 7.75. The molecule has 0 radical (unpaired) electrons. The van der Waals surface area contributed by atoms with Crippen LogP contribution in [-0.2, 0) is 31.1 Å². The average molecular weight is 571 g/mol. The summed E-state index contributed by atoms with van der Waals surface area (Å²) < 4.78 is 0. The van der Waals surface area contributed by atoms with Crippen molar-refractivity contribution in [3.05, 3.63) is 128 Å². The Morgan fingerprint density at radius 1 is 0.442 bits per heavy atom. The predicted molar refractivity (Wildman–Crippen MR) is 188 cm³/mol. The van der Waals surface area contributed by atoms with Crippen LogP contribution < -0.4 is 0 Å². The largest absolute Gasteiger partial charge is 0.0719 e. The molecule has 0 atom stereocenters. The van der Waals surface area contributed by atoms with Gasteiger partial charge in [-0.1, -0.05) is 137 Å². The number of benzene rings is 4. The zero-order chi connectivity index (χ0) is 30.4. The average Bonchev–Trinajstić information content (AvgIpc) is 3.29. The second kappa shape index (κ2) is 14.1. The molecule has 0 amide bonds. The molecule has 0 heterocycles. The molecule has 0 saturated carbocycles. The zero-order valence-corrected chi connectivity index (χ0v) is 27.9. The van der Waals surface area contributed by atoms with Crippen LogP contribution in [0, 0.1) is 13.8 Å². The normalized spacial score (nSPS) is 13.3. The highest BCUT2D eigenvalue weighted by Gasteiger charge is 2.48. The molecule has 1 aliphatic carbocycles. The SMILES string of the molecule is CCCCc1cccc(C2(c3cccc(CCCC)c3CCCC)c3cc(C)ccc3-c3ccc(C)cc32)c1CCCC. The number of unbranched alkanes of at least 4 members (excludes halogenated alkanes) is 4. The van der Waals surface area contributed by atoms with Crippen molar-refractivity contribution in [2.24, 2.45) is 0 Å². The van der Waals surface area contributed by atoms with E-state index < -0.39 is 0 Å². The van der Waals surface area contributed by atoms with Crippen LogP contribution in [0.15, 0.2) is 72.8 Å². The highest BCUT2D eigenvalue weighted by Crippen LogP contribution is 2.58. The third-order valence-electron chi connectivity index (χ3n) is 9.96. The minimum atomic E-state index is -0.320. The van der Waals surface area contributed by atoms with E-state index in [2.05, 4.69) is 114 Å². The van der Waals surface area contributed by atoms with Crippen molar-refractivity contribution < 1.29 is 0 Å². The summed E-state index contributed by atoms with van der Waals surface area (Å²) in [4.78, 5) is 0. The molecule has 0 aliphatic heterocycles. The van der Waals surface area contributed by atoms with Gasteiger partial charge in [-0.2, -0.15) is 0 Å². The summed E-state index contributed by atoms with van der Waals surface area (Å²) in [6.07, 6.45) is 14.5. The molecule has 0 heteroatoms. The fraction of sp³-hybridized carbons (Fsp3) is 0.442. The third-order valence-corrected chi connectivity index (χ3v) is 9.96. The molecule has 0 bridgehead atoms. The Kier molecular flexibility index (Phi) is 10.3. The van der Waals surface area contributed by atoms with Crippen LogP contribution in [0.3, 0.4) is 0 Å². The van der Waals surface area contributed by atoms with E-state index in [-0.39, 0.29) is 5.41 Å². The molecule has 0 spiro atoms. The number of hydrogen-bond donors (Lipinski definition) is 0. The summed E-state index contributed by atoms with van der Waals surface area (Å²) in [5, 5.41) is 0. The van der Waals surface area contributed by atoms with Gasteiger partial charge in [-0.05, 0) is 121 Å². The first-order valence-corrected chi connectivity index (χ1v) is 17.5. The first kappa shape index (κ1) is 31.3. The predicted octanol–water partition coefficient (Wildman–Crippen LogP) is 12.0. The van der Waals surface area contributed by atoms with Crippen molar-refractivity contribution in [1.82, 2.24) is 0 Å². The van der Waals surface area contributed by atoms with Gasteiger partial charge >= 0.3 is 0 Å². The lowest BCUT2D eigenvalue weighted by Crippen LogP contribution is -2.32. The van der Waals surface area contributed by atoms with Gasteiger partial charge in [0, 0.05) is 0 Å². The summed E-state index contributed by atoms with van der Waals surface area (Å²) in [5.74, 6) is 0. The van der Waals surface area contributed by atoms with E-state index >= 15 is 0 Å². The van der Waals surface area contributed by atoms with Crippen LogP contribution >= 0.6 is 0 Å². The van der Waals surface area contributed by atoms with E-state index in [1.165, 1.54) is 109 Å². The standard InChI is InChI=1S/C43H54/c1-7-11-17-33-19-15-23-39(35(33)21-13-9-3)43(40-24-16-20-34(18-12-8-2)36(40)22-14-10-4)41-29-31(5)25-27-37(41)38-28-26-32(6)30-42(38)43/h15-16,19-20,23-30H,7-14,17-18,21-22H2,1-6H3. The molecule has 226 valence electrons. The summed E-state index contributed by atoms with van der Waals surface area (Å²) in [6.45, 7) is 13.9. The monoisotopic (exact) mass is 570 g/mol. The Morgan fingerprint density at radius 3 is 1.23 bits per heavy atom. The summed E-state index contributed by atoms with van der Waals surface area (Å²) >= 11 is 0. The van der Waals surface area contributed by atoms with Gasteiger partial charge in [0.15, 0.2) is 0 Å². The maximum Gasteiger partial charge on any atom is 0.0719 e. The van der Waals surface area contributed by atoms with Crippen molar-refractivity contribution in [3.8, 4) is 11.1 Å². The lowest BCUT2D eigenvalue weighted by atomic mass is 9.63. The van der Waals surface area contributed by atoms with Crippen LogP contribution in [0.5, 0.6) is 0 Å². The van der Waals surface area contributed by atoms with Gasteiger partial charge in [0.1, 0.15) is 0 Å². The van der Waals surface area contributed by atoms with Crippen molar-refractivity contribution in [1.29, 1.82) is 0 Å². The molecule has 1 aliphatic rings. The smallest absolute Gasteiger partial charge is 0.0654 e. The van der Waals surface area contributed by atoms with Gasteiger partial charge < -0.3 is 0 Å². The van der Waals surface area contributed by atoms with Gasteiger partial charge in [0.2, 0.25) is 0 Å². The highest BCUT2D eigenvalue weighted by molar-refractivity contribution is 5.87. The number of aryl methyl sites for hydroxylation is 4. The van der Waals surface area contributed by atoms with Crippen molar-refractivity contribution >= 4 is 0 Å². The van der Waals surface area contributed by atoms with Gasteiger partial charge in [-0.15, -0.1) is 0 Å². The lowest BCUT2D eigenvalue weighted by molar-refractivity contribution is 0.688. The molecule has 0 unspecified atom stereocenters. The van der Waals surface area contributed by atoms with Crippen LogP contribution in [0.2, 0.25) is 0 Å². The molecule has 0 nitrogen and oxygen atoms in total. The maximum absolute atomic E-state index is 2.54. The second-order valence-electron chi connectivity index (χ2n) is 13.1. The molecule has 4 aromatic rings. The molecule has 4 aromatic carbocycles. The van der Waals surface area contributed by atoms with Crippen molar-refractivity contribution in [3.63, 3.8) is 0 Å². The van der Waals surface area contributed by atoms with E-state index in [0.717, 1.165) is 12.8 Å². The Morgan fingerprint density at radius 2 is 0.837 bits per heavy atom. The number of hydrogen-bond acceptors (Lipinski definition) is 0. The number of rotatable bonds is 14. The second-order valence-corrected chi connectivity index (χ2v) is 13.1. The quantitative estimate of drug-likeness (QED) is 0.125. The molecule has 0 aromatic heterocycles. The Balaban J connectivity index is 1.97. The molecule has 0 fully saturated rings. The molecular weight excluding hydrogens is 516 g/mol. The van der Waals surface area contributed by atoms with Crippen molar-refractivity contribution in [2.45, 2.75) is 124 Å².